The third-order valence-electron chi connectivity index (χ3n) is 1.39. The molecule has 1 aliphatic carbocycles. The zero-order valence-corrected chi connectivity index (χ0v) is 16.0. The average Bonchev–Trinajstić information content (AvgIpc) is 2.48. The van der Waals surface area contributed by atoms with Gasteiger partial charge in [-0.15, -0.1) is 6.58 Å². The maximum Gasteiger partial charge on any atom is -0.0443 e. The first kappa shape index (κ1) is 36.1. The molecule has 1 rings (SSSR count). The molecule has 0 aliphatic heterocycles. The lowest BCUT2D eigenvalue weighted by atomic mass is 9.88. The molecular weight excluding hydrogens is 216 g/mol. The summed E-state index contributed by atoms with van der Waals surface area (Å²) in [6.45, 7) is 27.6. The van der Waals surface area contributed by atoms with E-state index < -0.39 is 0 Å². The van der Waals surface area contributed by atoms with E-state index in [1.807, 2.05) is 76.2 Å². The summed E-state index contributed by atoms with van der Waals surface area (Å²) in [5.74, 6) is 1.06. The molecular formula is C18H46. The molecule has 18 heavy (non-hydrogen) atoms. The summed E-state index contributed by atoms with van der Waals surface area (Å²) < 4.78 is 0. The fraction of sp³-hybridized carbons (Fsp3) is 0.889. The van der Waals surface area contributed by atoms with Gasteiger partial charge in [0, 0.05) is 0 Å². The monoisotopic (exact) mass is 262 g/mol. The Kier molecular flexibility index (Phi) is 183. The molecule has 0 heteroatoms. The van der Waals surface area contributed by atoms with Crippen molar-refractivity contribution in [1.82, 2.24) is 0 Å². The van der Waals surface area contributed by atoms with Crippen molar-refractivity contribution in [2.45, 2.75) is 102 Å². The van der Waals surface area contributed by atoms with Crippen molar-refractivity contribution >= 4 is 0 Å². The Morgan fingerprint density at radius 1 is 0.722 bits per heavy atom. The molecule has 0 aromatic rings. The van der Waals surface area contributed by atoms with Crippen molar-refractivity contribution in [3.63, 3.8) is 0 Å². The van der Waals surface area contributed by atoms with Gasteiger partial charge in [0.2, 0.25) is 0 Å². The van der Waals surface area contributed by atoms with E-state index in [0.717, 1.165) is 5.92 Å². The van der Waals surface area contributed by atoms with Crippen LogP contribution in [0.15, 0.2) is 12.7 Å². The molecule has 0 bridgehead atoms. The predicted molar refractivity (Wildman–Crippen MR) is 95.6 cm³/mol. The number of hydrogen-bond acceptors (Lipinski definition) is 0. The standard InChI is InChI=1S/C5H10.C3H6.5C2H6/c1-5-3-2-4-5;1-3-2;5*1-2/h5H,2-4H2,1H3;3H,1H2,2H3;5*1-2H3. The van der Waals surface area contributed by atoms with Crippen LogP contribution in [0, 0.1) is 5.92 Å². The molecule has 0 radical (unpaired) electrons. The first-order valence-electron chi connectivity index (χ1n) is 8.38. The molecule has 1 aliphatic rings. The third-order valence-corrected chi connectivity index (χ3v) is 1.39. The predicted octanol–water partition coefficient (Wildman–Crippen LogP) is 8.13. The van der Waals surface area contributed by atoms with Gasteiger partial charge in [-0.2, -0.15) is 0 Å². The smallest absolute Gasteiger partial charge is 0.0443 e. The van der Waals surface area contributed by atoms with Crippen LogP contribution in [0.5, 0.6) is 0 Å². The first-order valence-corrected chi connectivity index (χ1v) is 8.38. The van der Waals surface area contributed by atoms with Gasteiger partial charge in [0.15, 0.2) is 0 Å². The first-order chi connectivity index (χ1) is 8.81. The summed E-state index contributed by atoms with van der Waals surface area (Å²) in [5.41, 5.74) is 0. The van der Waals surface area contributed by atoms with Crippen molar-refractivity contribution in [3.05, 3.63) is 12.7 Å². The average molecular weight is 263 g/mol. The van der Waals surface area contributed by atoms with Crippen molar-refractivity contribution in [1.29, 1.82) is 0 Å². The molecule has 0 atom stereocenters. The Hall–Kier alpha value is -0.260. The van der Waals surface area contributed by atoms with E-state index in [4.69, 9.17) is 0 Å². The molecule has 0 aromatic heterocycles. The Balaban J connectivity index is -0.0000000249. The lowest BCUT2D eigenvalue weighted by Crippen LogP contribution is -2.04. The van der Waals surface area contributed by atoms with Crippen LogP contribution >= 0.6 is 0 Å². The molecule has 0 amide bonds. The molecule has 0 nitrogen and oxygen atoms in total. The molecule has 0 N–H and O–H groups in total. The van der Waals surface area contributed by atoms with Crippen molar-refractivity contribution in [2.24, 2.45) is 5.92 Å². The lowest BCUT2D eigenvalue weighted by molar-refractivity contribution is 0.346. The summed E-state index contributed by atoms with van der Waals surface area (Å²) in [6, 6.07) is 0. The Morgan fingerprint density at radius 2 is 0.833 bits per heavy atom. The van der Waals surface area contributed by atoms with Crippen LogP contribution in [0.25, 0.3) is 0 Å². The Bertz CT molecular complexity index is 51.1. The van der Waals surface area contributed by atoms with E-state index in [0.29, 0.717) is 0 Å². The van der Waals surface area contributed by atoms with Crippen LogP contribution in [0.3, 0.4) is 0 Å². The van der Waals surface area contributed by atoms with E-state index in [1.54, 1.807) is 6.08 Å². The minimum absolute atomic E-state index is 1.06. The van der Waals surface area contributed by atoms with E-state index in [1.165, 1.54) is 19.3 Å². The van der Waals surface area contributed by atoms with Crippen LogP contribution in [0.1, 0.15) is 102 Å². The minimum atomic E-state index is 1.06. The quantitative estimate of drug-likeness (QED) is 0.386. The van der Waals surface area contributed by atoms with E-state index in [9.17, 15) is 0 Å². The van der Waals surface area contributed by atoms with Gasteiger partial charge in [-0.25, -0.2) is 0 Å². The highest BCUT2D eigenvalue weighted by Crippen LogP contribution is 2.24. The number of allylic oxidation sites excluding steroid dienone is 1. The topological polar surface area (TPSA) is 0 Å². The second kappa shape index (κ2) is 91.3. The zero-order valence-electron chi connectivity index (χ0n) is 16.0. The van der Waals surface area contributed by atoms with Gasteiger partial charge in [0.25, 0.3) is 0 Å². The van der Waals surface area contributed by atoms with Crippen molar-refractivity contribution in [2.75, 3.05) is 0 Å². The highest BCUT2D eigenvalue weighted by atomic mass is 14.1. The summed E-state index contributed by atoms with van der Waals surface area (Å²) in [6.07, 6.45) is 6.21. The van der Waals surface area contributed by atoms with Gasteiger partial charge in [0.05, 0.1) is 0 Å². The number of rotatable bonds is 0. The normalized spacial score (nSPS) is 9.56. The zero-order chi connectivity index (χ0) is 16.4. The van der Waals surface area contributed by atoms with Gasteiger partial charge in [-0.1, -0.05) is 101 Å². The molecule has 0 spiro atoms. The maximum absolute atomic E-state index is 3.36. The third kappa shape index (κ3) is 104. The lowest BCUT2D eigenvalue weighted by Gasteiger charge is -2.18. The Labute approximate surface area is 121 Å². The minimum Gasteiger partial charge on any atom is -0.103 e. The van der Waals surface area contributed by atoms with Crippen LogP contribution in [-0.4, -0.2) is 0 Å². The summed E-state index contributed by atoms with van der Waals surface area (Å²) >= 11 is 0. The molecule has 118 valence electrons. The van der Waals surface area contributed by atoms with E-state index in [2.05, 4.69) is 13.5 Å². The molecule has 0 aromatic carbocycles. The Morgan fingerprint density at radius 3 is 0.833 bits per heavy atom. The van der Waals surface area contributed by atoms with Crippen LogP contribution < -0.4 is 0 Å². The second-order valence-electron chi connectivity index (χ2n) is 2.44. The summed E-state index contributed by atoms with van der Waals surface area (Å²) in [5, 5.41) is 0. The second-order valence-corrected chi connectivity index (χ2v) is 2.44. The highest BCUT2D eigenvalue weighted by Gasteiger charge is 2.09. The van der Waals surface area contributed by atoms with Crippen LogP contribution in [-0.2, 0) is 0 Å². The fourth-order valence-electron chi connectivity index (χ4n) is 0.612. The SMILES string of the molecule is C=CC.CC.CC.CC.CC.CC.CC1CCC1. The largest absolute Gasteiger partial charge is 0.103 e. The molecule has 0 saturated heterocycles. The molecule has 0 heterocycles. The van der Waals surface area contributed by atoms with Gasteiger partial charge in [0.1, 0.15) is 0 Å². The summed E-state index contributed by atoms with van der Waals surface area (Å²) in [7, 11) is 0. The van der Waals surface area contributed by atoms with E-state index >= 15 is 0 Å². The van der Waals surface area contributed by atoms with Crippen molar-refractivity contribution in [3.8, 4) is 0 Å². The molecule has 1 saturated carbocycles. The van der Waals surface area contributed by atoms with Crippen LogP contribution in [0.4, 0.5) is 0 Å². The molecule has 0 unspecified atom stereocenters. The van der Waals surface area contributed by atoms with Gasteiger partial charge in [-0.3, -0.25) is 0 Å². The maximum atomic E-state index is 3.36. The fourth-order valence-corrected chi connectivity index (χ4v) is 0.612. The number of hydrogen-bond donors (Lipinski definition) is 0. The highest BCUT2D eigenvalue weighted by molar-refractivity contribution is 4.62. The summed E-state index contributed by atoms with van der Waals surface area (Å²) in [4.78, 5) is 0. The van der Waals surface area contributed by atoms with Gasteiger partial charge in [-0.05, 0) is 12.8 Å². The van der Waals surface area contributed by atoms with Crippen molar-refractivity contribution < 1.29 is 0 Å². The molecule has 1 fully saturated rings. The van der Waals surface area contributed by atoms with Gasteiger partial charge < -0.3 is 0 Å². The van der Waals surface area contributed by atoms with Crippen LogP contribution in [0.2, 0.25) is 0 Å². The van der Waals surface area contributed by atoms with Gasteiger partial charge >= 0.3 is 0 Å². The van der Waals surface area contributed by atoms with E-state index in [-0.39, 0.29) is 0 Å².